The molecule has 1 aliphatic heterocycles. The zero-order chi connectivity index (χ0) is 12.5. The summed E-state index contributed by atoms with van der Waals surface area (Å²) >= 11 is 0. The van der Waals surface area contributed by atoms with E-state index in [-0.39, 0.29) is 12.0 Å². The molecule has 2 N–H and O–H groups in total. The number of hydrogen-bond donors (Lipinski definition) is 1. The molecule has 1 aliphatic carbocycles. The van der Waals surface area contributed by atoms with Gasteiger partial charge in [0.05, 0.1) is 0 Å². The summed E-state index contributed by atoms with van der Waals surface area (Å²) in [5, 5.41) is 0. The second-order valence-corrected chi connectivity index (χ2v) is 5.54. The van der Waals surface area contributed by atoms with Gasteiger partial charge < -0.3 is 10.6 Å². The summed E-state index contributed by atoms with van der Waals surface area (Å²) in [5.74, 6) is 0.489. The van der Waals surface area contributed by atoms with Crippen molar-refractivity contribution < 1.29 is 4.79 Å². The molecule has 0 radical (unpaired) electrons. The maximum absolute atomic E-state index is 12.4. The Balaban J connectivity index is 1.70. The van der Waals surface area contributed by atoms with Crippen molar-refractivity contribution in [1.29, 1.82) is 0 Å². The average Bonchev–Trinajstić information content (AvgIpc) is 2.84. The van der Waals surface area contributed by atoms with Gasteiger partial charge in [0.1, 0.15) is 0 Å². The second-order valence-electron chi connectivity index (χ2n) is 5.54. The summed E-state index contributed by atoms with van der Waals surface area (Å²) in [7, 11) is 0. The topological polar surface area (TPSA) is 46.3 Å². The number of aryl methyl sites for hydroxylation is 1. The first-order valence-corrected chi connectivity index (χ1v) is 6.85. The fourth-order valence-electron chi connectivity index (χ4n) is 3.15. The van der Waals surface area contributed by atoms with Crippen molar-refractivity contribution >= 4 is 5.91 Å². The first kappa shape index (κ1) is 11.7. The van der Waals surface area contributed by atoms with Crippen LogP contribution in [-0.4, -0.2) is 29.9 Å². The predicted molar refractivity (Wildman–Crippen MR) is 71.1 cm³/mol. The third-order valence-electron chi connectivity index (χ3n) is 4.23. The van der Waals surface area contributed by atoms with Gasteiger partial charge in [-0.15, -0.1) is 0 Å². The summed E-state index contributed by atoms with van der Waals surface area (Å²) < 4.78 is 0. The Morgan fingerprint density at radius 1 is 1.22 bits per heavy atom. The minimum Gasteiger partial charge on any atom is -0.341 e. The number of hydrogen-bond acceptors (Lipinski definition) is 2. The smallest absolute Gasteiger partial charge is 0.226 e. The number of nitrogens with zero attached hydrogens (tertiary/aromatic N) is 1. The van der Waals surface area contributed by atoms with Gasteiger partial charge in [0.15, 0.2) is 0 Å². The normalized spacial score (nSPS) is 27.1. The van der Waals surface area contributed by atoms with Gasteiger partial charge in [-0.1, -0.05) is 24.3 Å². The fraction of sp³-hybridized carbons (Fsp3) is 0.533. The summed E-state index contributed by atoms with van der Waals surface area (Å²) in [6.45, 7) is 1.59. The molecule has 0 spiro atoms. The molecule has 3 rings (SSSR count). The van der Waals surface area contributed by atoms with E-state index in [2.05, 4.69) is 24.3 Å². The number of amides is 1. The molecule has 2 atom stereocenters. The number of carbonyl (C=O) groups is 1. The Labute approximate surface area is 108 Å². The van der Waals surface area contributed by atoms with Crippen LogP contribution in [0.5, 0.6) is 0 Å². The molecule has 1 saturated heterocycles. The average molecular weight is 244 g/mol. The fourth-order valence-corrected chi connectivity index (χ4v) is 3.15. The highest BCUT2D eigenvalue weighted by Crippen LogP contribution is 2.27. The van der Waals surface area contributed by atoms with Crippen LogP contribution in [0, 0.1) is 5.92 Å². The van der Waals surface area contributed by atoms with Gasteiger partial charge in [-0.25, -0.2) is 0 Å². The molecule has 0 bridgehead atoms. The number of nitrogens with two attached hydrogens (primary N) is 1. The molecule has 2 unspecified atom stereocenters. The predicted octanol–water partition coefficient (Wildman–Crippen LogP) is 1.35. The molecule has 96 valence electrons. The zero-order valence-electron chi connectivity index (χ0n) is 10.6. The molecule has 0 saturated carbocycles. The Bertz CT molecular complexity index is 458. The van der Waals surface area contributed by atoms with E-state index in [4.69, 9.17) is 5.73 Å². The van der Waals surface area contributed by atoms with E-state index in [1.165, 1.54) is 11.1 Å². The lowest BCUT2D eigenvalue weighted by atomic mass is 9.83. The highest BCUT2D eigenvalue weighted by Gasteiger charge is 2.31. The van der Waals surface area contributed by atoms with Crippen LogP contribution in [0.3, 0.4) is 0 Å². The maximum Gasteiger partial charge on any atom is 0.226 e. The molecule has 18 heavy (non-hydrogen) atoms. The van der Waals surface area contributed by atoms with Crippen molar-refractivity contribution in [3.05, 3.63) is 35.4 Å². The van der Waals surface area contributed by atoms with E-state index in [9.17, 15) is 4.79 Å². The SMILES string of the molecule is NC1CCN(C(=O)C2CCc3ccccc3C2)C1. The first-order valence-electron chi connectivity index (χ1n) is 6.85. The van der Waals surface area contributed by atoms with Crippen molar-refractivity contribution in [2.24, 2.45) is 11.7 Å². The third kappa shape index (κ3) is 2.15. The monoisotopic (exact) mass is 244 g/mol. The molecule has 1 heterocycles. The van der Waals surface area contributed by atoms with E-state index in [1.54, 1.807) is 0 Å². The van der Waals surface area contributed by atoms with E-state index in [1.807, 2.05) is 4.90 Å². The third-order valence-corrected chi connectivity index (χ3v) is 4.23. The Morgan fingerprint density at radius 2 is 2.00 bits per heavy atom. The number of rotatable bonds is 1. The number of carbonyl (C=O) groups excluding carboxylic acids is 1. The summed E-state index contributed by atoms with van der Waals surface area (Å²) in [6.07, 6.45) is 3.88. The lowest BCUT2D eigenvalue weighted by Gasteiger charge is -2.27. The van der Waals surface area contributed by atoms with E-state index in [0.29, 0.717) is 5.91 Å². The van der Waals surface area contributed by atoms with Crippen LogP contribution >= 0.6 is 0 Å². The Kier molecular flexibility index (Phi) is 3.08. The molecular formula is C15H20N2O. The molecule has 1 aromatic carbocycles. The largest absolute Gasteiger partial charge is 0.341 e. The molecule has 3 heteroatoms. The van der Waals surface area contributed by atoms with E-state index < -0.39 is 0 Å². The quantitative estimate of drug-likeness (QED) is 0.810. The van der Waals surface area contributed by atoms with Gasteiger partial charge in [-0.05, 0) is 36.8 Å². The Morgan fingerprint density at radius 3 is 2.72 bits per heavy atom. The molecule has 1 aromatic rings. The van der Waals surface area contributed by atoms with Crippen LogP contribution in [0.25, 0.3) is 0 Å². The zero-order valence-corrected chi connectivity index (χ0v) is 10.6. The van der Waals surface area contributed by atoms with Gasteiger partial charge in [0.2, 0.25) is 5.91 Å². The van der Waals surface area contributed by atoms with Gasteiger partial charge in [-0.3, -0.25) is 4.79 Å². The van der Waals surface area contributed by atoms with Crippen molar-refractivity contribution in [3.8, 4) is 0 Å². The maximum atomic E-state index is 12.4. The minimum atomic E-state index is 0.171. The summed E-state index contributed by atoms with van der Waals surface area (Å²) in [5.41, 5.74) is 8.64. The molecule has 3 nitrogen and oxygen atoms in total. The van der Waals surface area contributed by atoms with Crippen molar-refractivity contribution in [1.82, 2.24) is 4.90 Å². The van der Waals surface area contributed by atoms with Crippen molar-refractivity contribution in [3.63, 3.8) is 0 Å². The molecule has 2 aliphatic rings. The standard InChI is InChI=1S/C15H20N2O/c16-14-7-8-17(10-14)15(18)13-6-5-11-3-1-2-4-12(11)9-13/h1-4,13-14H,5-10,16H2. The second kappa shape index (κ2) is 4.73. The van der Waals surface area contributed by atoms with Gasteiger partial charge in [0, 0.05) is 25.0 Å². The van der Waals surface area contributed by atoms with Crippen LogP contribution in [-0.2, 0) is 17.6 Å². The molecule has 0 aromatic heterocycles. The Hall–Kier alpha value is -1.35. The lowest BCUT2D eigenvalue weighted by molar-refractivity contribution is -0.134. The highest BCUT2D eigenvalue weighted by molar-refractivity contribution is 5.80. The van der Waals surface area contributed by atoms with Crippen LogP contribution in [0.1, 0.15) is 24.0 Å². The van der Waals surface area contributed by atoms with Crippen molar-refractivity contribution in [2.75, 3.05) is 13.1 Å². The van der Waals surface area contributed by atoms with Gasteiger partial charge in [0.25, 0.3) is 0 Å². The summed E-state index contributed by atoms with van der Waals surface area (Å²) in [4.78, 5) is 14.4. The first-order chi connectivity index (χ1) is 8.74. The lowest BCUT2D eigenvalue weighted by Crippen LogP contribution is -2.38. The number of benzene rings is 1. The van der Waals surface area contributed by atoms with Crippen molar-refractivity contribution in [2.45, 2.75) is 31.7 Å². The minimum absolute atomic E-state index is 0.171. The van der Waals surface area contributed by atoms with Crippen LogP contribution in [0.15, 0.2) is 24.3 Å². The van der Waals surface area contributed by atoms with Crippen LogP contribution in [0.2, 0.25) is 0 Å². The van der Waals surface area contributed by atoms with E-state index in [0.717, 1.165) is 38.8 Å². The van der Waals surface area contributed by atoms with Gasteiger partial charge in [-0.2, -0.15) is 0 Å². The van der Waals surface area contributed by atoms with Crippen LogP contribution < -0.4 is 5.73 Å². The van der Waals surface area contributed by atoms with E-state index >= 15 is 0 Å². The van der Waals surface area contributed by atoms with Crippen LogP contribution in [0.4, 0.5) is 0 Å². The number of likely N-dealkylation sites (tertiary alicyclic amines) is 1. The highest BCUT2D eigenvalue weighted by atomic mass is 16.2. The number of fused-ring (bicyclic) bond motifs is 1. The van der Waals surface area contributed by atoms with Gasteiger partial charge >= 0.3 is 0 Å². The molecular weight excluding hydrogens is 224 g/mol. The summed E-state index contributed by atoms with van der Waals surface area (Å²) in [6, 6.07) is 8.68. The molecule has 1 fully saturated rings. The molecule has 1 amide bonds.